The number of fused-ring (bicyclic) bond motifs is 1. The third-order valence-corrected chi connectivity index (χ3v) is 5.99. The number of hydrogen-bond acceptors (Lipinski definition) is 4. The number of rotatable bonds is 3. The van der Waals surface area contributed by atoms with Gasteiger partial charge in [-0.2, -0.15) is 0 Å². The van der Waals surface area contributed by atoms with Crippen molar-refractivity contribution >= 4 is 46.2 Å². The molecule has 5 nitrogen and oxygen atoms in total. The van der Waals surface area contributed by atoms with E-state index in [1.54, 1.807) is 24.3 Å². The van der Waals surface area contributed by atoms with E-state index in [1.165, 1.54) is 16.7 Å². The molecule has 138 valence electrons. The quantitative estimate of drug-likeness (QED) is 0.657. The largest absolute Gasteiger partial charge is 0.333 e. The van der Waals surface area contributed by atoms with Crippen molar-refractivity contribution < 1.29 is 9.59 Å². The van der Waals surface area contributed by atoms with Crippen molar-refractivity contribution in [2.45, 2.75) is 29.7 Å². The van der Waals surface area contributed by atoms with Gasteiger partial charge in [-0.3, -0.25) is 14.5 Å². The minimum absolute atomic E-state index is 0.155. The number of halogens is 1. The molecule has 1 saturated heterocycles. The number of thioether (sulfide) groups is 1. The average molecular weight is 400 g/mol. The minimum Gasteiger partial charge on any atom is -0.333 e. The van der Waals surface area contributed by atoms with Gasteiger partial charge in [0.2, 0.25) is 5.91 Å². The van der Waals surface area contributed by atoms with Crippen molar-refractivity contribution in [3.8, 4) is 0 Å². The van der Waals surface area contributed by atoms with Crippen LogP contribution in [-0.2, 0) is 4.79 Å². The Morgan fingerprint density at radius 1 is 1.15 bits per heavy atom. The van der Waals surface area contributed by atoms with Crippen LogP contribution in [0.2, 0.25) is 5.02 Å². The number of imidazole rings is 1. The van der Waals surface area contributed by atoms with Gasteiger partial charge in [0, 0.05) is 17.1 Å². The fourth-order valence-electron chi connectivity index (χ4n) is 3.19. The molecule has 2 amide bonds. The van der Waals surface area contributed by atoms with Crippen LogP contribution in [0.1, 0.15) is 29.6 Å². The van der Waals surface area contributed by atoms with Gasteiger partial charge >= 0.3 is 0 Å². The standard InChI is InChI=1S/C20H18ClN3O2S/c21-14-10-8-13(9-11-14)18(25)24-12-4-3-7-17(19(24)26)27-20-22-15-5-1-2-6-16(15)23-20/h1-2,5-6,8-11,17H,3-4,7,12H2,(H,22,23). The lowest BCUT2D eigenvalue weighted by Gasteiger charge is -2.22. The Bertz CT molecular complexity index is 953. The van der Waals surface area contributed by atoms with Crippen molar-refractivity contribution in [2.24, 2.45) is 0 Å². The second-order valence-electron chi connectivity index (χ2n) is 6.46. The summed E-state index contributed by atoms with van der Waals surface area (Å²) in [4.78, 5) is 35.1. The molecule has 0 spiro atoms. The molecular weight excluding hydrogens is 382 g/mol. The van der Waals surface area contributed by atoms with Gasteiger partial charge in [-0.05, 0) is 49.2 Å². The summed E-state index contributed by atoms with van der Waals surface area (Å²) in [5, 5.41) is 0.937. The van der Waals surface area contributed by atoms with Crippen LogP contribution in [0.4, 0.5) is 0 Å². The molecule has 1 aliphatic rings. The first kappa shape index (κ1) is 18.1. The molecule has 27 heavy (non-hydrogen) atoms. The fraction of sp³-hybridized carbons (Fsp3) is 0.250. The summed E-state index contributed by atoms with van der Waals surface area (Å²) in [5.74, 6) is -0.424. The van der Waals surface area contributed by atoms with Crippen molar-refractivity contribution in [2.75, 3.05) is 6.54 Å². The van der Waals surface area contributed by atoms with Crippen LogP contribution >= 0.6 is 23.4 Å². The maximum Gasteiger partial charge on any atom is 0.260 e. The maximum atomic E-state index is 13.1. The minimum atomic E-state index is -0.329. The normalized spacial score (nSPS) is 17.9. The van der Waals surface area contributed by atoms with Crippen LogP contribution in [0.25, 0.3) is 11.0 Å². The molecule has 1 N–H and O–H groups in total. The SMILES string of the molecule is O=C(c1ccc(Cl)cc1)N1CCCCC(Sc2nc3ccccc3[nH]2)C1=O. The maximum absolute atomic E-state index is 13.1. The molecule has 7 heteroatoms. The first-order valence-electron chi connectivity index (χ1n) is 8.84. The molecule has 4 rings (SSSR count). The van der Waals surface area contributed by atoms with E-state index in [-0.39, 0.29) is 17.1 Å². The van der Waals surface area contributed by atoms with Crippen molar-refractivity contribution in [1.29, 1.82) is 0 Å². The number of benzene rings is 2. The van der Waals surface area contributed by atoms with Crippen molar-refractivity contribution in [3.05, 3.63) is 59.1 Å². The topological polar surface area (TPSA) is 66.1 Å². The van der Waals surface area contributed by atoms with Crippen LogP contribution < -0.4 is 0 Å². The van der Waals surface area contributed by atoms with Gasteiger partial charge in [-0.25, -0.2) is 4.98 Å². The van der Waals surface area contributed by atoms with Crippen LogP contribution in [-0.4, -0.2) is 38.5 Å². The molecule has 1 aromatic heterocycles. The van der Waals surface area contributed by atoms with E-state index in [2.05, 4.69) is 9.97 Å². The zero-order valence-corrected chi connectivity index (χ0v) is 16.1. The lowest BCUT2D eigenvalue weighted by molar-refractivity contribution is -0.127. The van der Waals surface area contributed by atoms with Gasteiger partial charge in [0.05, 0.1) is 16.3 Å². The Morgan fingerprint density at radius 3 is 2.70 bits per heavy atom. The molecule has 3 aromatic rings. The van der Waals surface area contributed by atoms with Crippen LogP contribution in [0.5, 0.6) is 0 Å². The van der Waals surface area contributed by atoms with Gasteiger partial charge in [-0.15, -0.1) is 0 Å². The molecular formula is C20H18ClN3O2S. The highest BCUT2D eigenvalue weighted by Gasteiger charge is 2.32. The molecule has 1 atom stereocenters. The molecule has 2 aromatic carbocycles. The average Bonchev–Trinajstić information content (AvgIpc) is 3.00. The number of amides is 2. The Kier molecular flexibility index (Phi) is 5.18. The van der Waals surface area contributed by atoms with Gasteiger partial charge < -0.3 is 4.98 Å². The Morgan fingerprint density at radius 2 is 1.93 bits per heavy atom. The predicted molar refractivity (Wildman–Crippen MR) is 107 cm³/mol. The predicted octanol–water partition coefficient (Wildman–Crippen LogP) is 4.53. The summed E-state index contributed by atoms with van der Waals surface area (Å²) in [7, 11) is 0. The number of carbonyl (C=O) groups is 2. The first-order valence-corrected chi connectivity index (χ1v) is 10.1. The lowest BCUT2D eigenvalue weighted by atomic mass is 10.2. The van der Waals surface area contributed by atoms with Crippen LogP contribution in [0, 0.1) is 0 Å². The lowest BCUT2D eigenvalue weighted by Crippen LogP contribution is -2.41. The van der Waals surface area contributed by atoms with E-state index >= 15 is 0 Å². The second-order valence-corrected chi connectivity index (χ2v) is 8.09. The number of aromatic amines is 1. The van der Waals surface area contributed by atoms with Gasteiger partial charge in [0.25, 0.3) is 5.91 Å². The number of H-pyrrole nitrogens is 1. The summed E-state index contributed by atoms with van der Waals surface area (Å²) in [6.45, 7) is 0.442. The van der Waals surface area contributed by atoms with Crippen LogP contribution in [0.15, 0.2) is 53.7 Å². The number of aromatic nitrogens is 2. The zero-order valence-electron chi connectivity index (χ0n) is 14.5. The summed E-state index contributed by atoms with van der Waals surface area (Å²) in [6, 6.07) is 14.4. The molecule has 1 unspecified atom stereocenters. The van der Waals surface area contributed by atoms with Crippen molar-refractivity contribution in [3.63, 3.8) is 0 Å². The number of hydrogen-bond donors (Lipinski definition) is 1. The van der Waals surface area contributed by atoms with Gasteiger partial charge in [-0.1, -0.05) is 41.9 Å². The Balaban J connectivity index is 1.55. The monoisotopic (exact) mass is 399 g/mol. The molecule has 2 heterocycles. The summed E-state index contributed by atoms with van der Waals surface area (Å²) >= 11 is 7.30. The Labute approximate surface area is 166 Å². The summed E-state index contributed by atoms with van der Waals surface area (Å²) in [5.41, 5.74) is 2.28. The number of likely N-dealkylation sites (tertiary alicyclic amines) is 1. The number of imide groups is 1. The van der Waals surface area contributed by atoms with E-state index in [4.69, 9.17) is 11.6 Å². The molecule has 0 aliphatic carbocycles. The highest BCUT2D eigenvalue weighted by atomic mass is 35.5. The number of nitrogens with zero attached hydrogens (tertiary/aromatic N) is 2. The van der Waals surface area contributed by atoms with Gasteiger partial charge in [0.15, 0.2) is 5.16 Å². The third-order valence-electron chi connectivity index (χ3n) is 4.60. The number of carbonyl (C=O) groups excluding carboxylic acids is 2. The molecule has 0 radical (unpaired) electrons. The summed E-state index contributed by atoms with van der Waals surface area (Å²) < 4.78 is 0. The highest BCUT2D eigenvalue weighted by Crippen LogP contribution is 2.30. The first-order chi connectivity index (χ1) is 13.1. The highest BCUT2D eigenvalue weighted by molar-refractivity contribution is 8.00. The van der Waals surface area contributed by atoms with Crippen LogP contribution in [0.3, 0.4) is 0 Å². The van der Waals surface area contributed by atoms with E-state index in [1.807, 2.05) is 24.3 Å². The van der Waals surface area contributed by atoms with E-state index < -0.39 is 0 Å². The van der Waals surface area contributed by atoms with Crippen molar-refractivity contribution in [1.82, 2.24) is 14.9 Å². The molecule has 0 bridgehead atoms. The third kappa shape index (κ3) is 3.87. The number of para-hydroxylation sites is 2. The fourth-order valence-corrected chi connectivity index (χ4v) is 4.41. The van der Waals surface area contributed by atoms with E-state index in [0.29, 0.717) is 22.3 Å². The second kappa shape index (κ2) is 7.74. The molecule has 1 fully saturated rings. The summed E-state index contributed by atoms with van der Waals surface area (Å²) in [6.07, 6.45) is 2.43. The van der Waals surface area contributed by atoms with E-state index in [0.717, 1.165) is 30.3 Å². The zero-order chi connectivity index (χ0) is 18.8. The van der Waals surface area contributed by atoms with Gasteiger partial charge in [0.1, 0.15) is 0 Å². The molecule has 1 aliphatic heterocycles. The molecule has 0 saturated carbocycles. The van der Waals surface area contributed by atoms with E-state index in [9.17, 15) is 9.59 Å². The number of nitrogens with one attached hydrogen (secondary N) is 1. The smallest absolute Gasteiger partial charge is 0.260 e. The Hall–Kier alpha value is -2.31.